The summed E-state index contributed by atoms with van der Waals surface area (Å²) in [6.45, 7) is 1.78. The highest BCUT2D eigenvalue weighted by Gasteiger charge is 2.29. The number of anilines is 1. The van der Waals surface area contributed by atoms with E-state index in [9.17, 15) is 14.4 Å². The quantitative estimate of drug-likeness (QED) is 0.629. The number of ether oxygens (including phenoxy) is 1. The third kappa shape index (κ3) is 4.11. The van der Waals surface area contributed by atoms with Crippen LogP contribution in [0.2, 0.25) is 5.02 Å². The van der Waals surface area contributed by atoms with Crippen LogP contribution in [0, 0.1) is 6.92 Å². The molecule has 0 fully saturated rings. The number of methoxy groups -OCH3 is 1. The number of halogens is 1. The van der Waals surface area contributed by atoms with Crippen LogP contribution in [0.5, 0.6) is 5.75 Å². The minimum Gasteiger partial charge on any atom is -0.497 e. The van der Waals surface area contributed by atoms with Gasteiger partial charge in [-0.25, -0.2) is 0 Å². The standard InChI is InChI=1S/C24H21ClN2O4/c1-13-19(25)4-3-5-20(13)26-23(29)18-12-17-21(27-24(18)30)10-15(11-22(17)28)14-6-8-16(31-2)9-7-14/h3-9,12,15H,10-11H2,1-2H3,(H,26,29)(H,27,30)/t15-/m1/s1. The summed E-state index contributed by atoms with van der Waals surface area (Å²) in [5.41, 5.74) is 2.52. The van der Waals surface area contributed by atoms with E-state index in [1.807, 2.05) is 24.3 Å². The number of aromatic nitrogens is 1. The van der Waals surface area contributed by atoms with Gasteiger partial charge in [0.05, 0.1) is 7.11 Å². The number of hydrogen-bond donors (Lipinski definition) is 2. The van der Waals surface area contributed by atoms with Crippen LogP contribution in [0.25, 0.3) is 0 Å². The van der Waals surface area contributed by atoms with E-state index in [1.165, 1.54) is 6.07 Å². The number of aromatic amines is 1. The molecule has 3 aromatic rings. The second kappa shape index (κ2) is 8.40. The number of ketones is 1. The number of nitrogens with one attached hydrogen (secondary N) is 2. The Morgan fingerprint density at radius 2 is 1.87 bits per heavy atom. The van der Waals surface area contributed by atoms with Gasteiger partial charge in [-0.3, -0.25) is 14.4 Å². The summed E-state index contributed by atoms with van der Waals surface area (Å²) < 4.78 is 5.18. The van der Waals surface area contributed by atoms with Crippen molar-refractivity contribution in [3.8, 4) is 5.75 Å². The van der Waals surface area contributed by atoms with Crippen LogP contribution in [0.1, 0.15) is 49.9 Å². The van der Waals surface area contributed by atoms with Crippen LogP contribution in [0.15, 0.2) is 53.3 Å². The fraction of sp³-hybridized carbons (Fsp3) is 0.208. The maximum atomic E-state index is 12.8. The van der Waals surface area contributed by atoms with Gasteiger partial charge in [0.15, 0.2) is 5.78 Å². The Bertz CT molecular complexity index is 1230. The molecule has 0 saturated carbocycles. The minimum atomic E-state index is -0.584. The summed E-state index contributed by atoms with van der Waals surface area (Å²) in [7, 11) is 1.60. The number of fused-ring (bicyclic) bond motifs is 1. The van der Waals surface area contributed by atoms with Crippen molar-refractivity contribution < 1.29 is 14.3 Å². The van der Waals surface area contributed by atoms with Gasteiger partial charge in [-0.05, 0) is 60.7 Å². The number of benzene rings is 2. The fourth-order valence-corrected chi connectivity index (χ4v) is 4.02. The topological polar surface area (TPSA) is 88.3 Å². The minimum absolute atomic E-state index is 0.0460. The highest BCUT2D eigenvalue weighted by molar-refractivity contribution is 6.31. The SMILES string of the molecule is COc1ccc([C@H]2CC(=O)c3cc(C(=O)Nc4cccc(Cl)c4C)c(=O)[nH]c3C2)cc1. The van der Waals surface area contributed by atoms with Crippen LogP contribution in [-0.4, -0.2) is 23.8 Å². The summed E-state index contributed by atoms with van der Waals surface area (Å²) in [5, 5.41) is 3.22. The zero-order valence-corrected chi connectivity index (χ0v) is 17.9. The molecule has 0 saturated heterocycles. The second-order valence-corrected chi connectivity index (χ2v) is 7.98. The normalized spacial score (nSPS) is 15.3. The first-order chi connectivity index (χ1) is 14.9. The van der Waals surface area contributed by atoms with Crippen LogP contribution in [-0.2, 0) is 6.42 Å². The monoisotopic (exact) mass is 436 g/mol. The first-order valence-electron chi connectivity index (χ1n) is 9.87. The van der Waals surface area contributed by atoms with E-state index in [0.29, 0.717) is 40.4 Å². The Kier molecular flexibility index (Phi) is 5.65. The van der Waals surface area contributed by atoms with Crippen molar-refractivity contribution in [2.45, 2.75) is 25.7 Å². The zero-order valence-electron chi connectivity index (χ0n) is 17.1. The lowest BCUT2D eigenvalue weighted by atomic mass is 9.81. The lowest BCUT2D eigenvalue weighted by Gasteiger charge is -2.24. The summed E-state index contributed by atoms with van der Waals surface area (Å²) in [5.74, 6) is 0.00595. The summed E-state index contributed by atoms with van der Waals surface area (Å²) in [4.78, 5) is 41.0. The van der Waals surface area contributed by atoms with Gasteiger partial charge in [-0.1, -0.05) is 29.8 Å². The molecule has 31 heavy (non-hydrogen) atoms. The Morgan fingerprint density at radius 3 is 2.58 bits per heavy atom. The first kappa shape index (κ1) is 20.9. The van der Waals surface area contributed by atoms with E-state index in [-0.39, 0.29) is 17.3 Å². The summed E-state index contributed by atoms with van der Waals surface area (Å²) >= 11 is 6.10. The Hall–Kier alpha value is -3.38. The summed E-state index contributed by atoms with van der Waals surface area (Å²) in [6, 6.07) is 14.1. The molecule has 0 radical (unpaired) electrons. The second-order valence-electron chi connectivity index (χ2n) is 7.57. The van der Waals surface area contributed by atoms with Gasteiger partial charge in [0.2, 0.25) is 0 Å². The predicted octanol–water partition coefficient (Wildman–Crippen LogP) is 4.51. The average molecular weight is 437 g/mol. The molecule has 1 atom stereocenters. The Labute approximate surface area is 184 Å². The molecule has 0 unspecified atom stereocenters. The Morgan fingerprint density at radius 1 is 1.13 bits per heavy atom. The van der Waals surface area contributed by atoms with Gasteiger partial charge in [0.1, 0.15) is 11.3 Å². The van der Waals surface area contributed by atoms with Crippen LogP contribution >= 0.6 is 11.6 Å². The number of carbonyl (C=O) groups excluding carboxylic acids is 2. The average Bonchev–Trinajstić information content (AvgIpc) is 2.76. The molecule has 6 nitrogen and oxygen atoms in total. The van der Waals surface area contributed by atoms with Gasteiger partial charge in [-0.2, -0.15) is 0 Å². The number of carbonyl (C=O) groups is 2. The fourth-order valence-electron chi connectivity index (χ4n) is 3.84. The van der Waals surface area contributed by atoms with Crippen LogP contribution < -0.4 is 15.6 Å². The lowest BCUT2D eigenvalue weighted by molar-refractivity contribution is 0.0963. The van der Waals surface area contributed by atoms with E-state index < -0.39 is 11.5 Å². The number of rotatable bonds is 4. The molecule has 0 bridgehead atoms. The molecular formula is C24H21ClN2O4. The molecule has 1 aliphatic carbocycles. The van der Waals surface area contributed by atoms with Crippen molar-refractivity contribution >= 4 is 29.0 Å². The molecule has 2 N–H and O–H groups in total. The number of hydrogen-bond acceptors (Lipinski definition) is 4. The van der Waals surface area contributed by atoms with Crippen molar-refractivity contribution in [1.82, 2.24) is 4.98 Å². The molecule has 1 aliphatic rings. The Balaban J connectivity index is 1.61. The molecular weight excluding hydrogens is 416 g/mol. The van der Waals surface area contributed by atoms with Crippen molar-refractivity contribution in [3.05, 3.63) is 91.9 Å². The largest absolute Gasteiger partial charge is 0.497 e. The van der Waals surface area contributed by atoms with Gasteiger partial charge in [-0.15, -0.1) is 0 Å². The first-order valence-corrected chi connectivity index (χ1v) is 10.2. The van der Waals surface area contributed by atoms with Crippen LogP contribution in [0.4, 0.5) is 5.69 Å². The molecule has 2 aromatic carbocycles. The smallest absolute Gasteiger partial charge is 0.261 e. The van der Waals surface area contributed by atoms with E-state index in [1.54, 1.807) is 32.2 Å². The zero-order chi connectivity index (χ0) is 22.1. The molecule has 4 rings (SSSR count). The van der Waals surface area contributed by atoms with Gasteiger partial charge >= 0.3 is 0 Å². The third-order valence-electron chi connectivity index (χ3n) is 5.65. The van der Waals surface area contributed by atoms with E-state index in [2.05, 4.69) is 10.3 Å². The number of H-pyrrole nitrogens is 1. The molecule has 0 aliphatic heterocycles. The molecule has 0 spiro atoms. The number of amides is 1. The van der Waals surface area contributed by atoms with Crippen molar-refractivity contribution in [2.75, 3.05) is 12.4 Å². The number of pyridine rings is 1. The van der Waals surface area contributed by atoms with Gasteiger partial charge < -0.3 is 15.0 Å². The van der Waals surface area contributed by atoms with E-state index in [4.69, 9.17) is 16.3 Å². The van der Waals surface area contributed by atoms with Crippen LogP contribution in [0.3, 0.4) is 0 Å². The number of Topliss-reactive ketones (excluding diaryl/α,β-unsaturated/α-hetero) is 1. The van der Waals surface area contributed by atoms with Gasteiger partial charge in [0, 0.05) is 28.4 Å². The maximum Gasteiger partial charge on any atom is 0.261 e. The van der Waals surface area contributed by atoms with Crippen molar-refractivity contribution in [1.29, 1.82) is 0 Å². The van der Waals surface area contributed by atoms with E-state index in [0.717, 1.165) is 11.3 Å². The molecule has 1 heterocycles. The van der Waals surface area contributed by atoms with Gasteiger partial charge in [0.25, 0.3) is 11.5 Å². The highest BCUT2D eigenvalue weighted by atomic mass is 35.5. The van der Waals surface area contributed by atoms with Crippen molar-refractivity contribution in [2.24, 2.45) is 0 Å². The predicted molar refractivity (Wildman–Crippen MR) is 120 cm³/mol. The third-order valence-corrected chi connectivity index (χ3v) is 6.06. The molecule has 7 heteroatoms. The van der Waals surface area contributed by atoms with E-state index >= 15 is 0 Å². The molecule has 158 valence electrons. The lowest BCUT2D eigenvalue weighted by Crippen LogP contribution is -2.29. The molecule has 1 amide bonds. The maximum absolute atomic E-state index is 12.8. The summed E-state index contributed by atoms with van der Waals surface area (Å²) in [6.07, 6.45) is 0.817. The van der Waals surface area contributed by atoms with Crippen molar-refractivity contribution in [3.63, 3.8) is 0 Å². The molecule has 1 aromatic heterocycles. The highest BCUT2D eigenvalue weighted by Crippen LogP contribution is 2.32.